The molecule has 4 nitrogen and oxygen atoms in total. The Bertz CT molecular complexity index is 1260. The van der Waals surface area contributed by atoms with E-state index in [9.17, 15) is 0 Å². The maximum atomic E-state index is 4.97. The Kier molecular flexibility index (Phi) is 8.45. The van der Waals surface area contributed by atoms with Gasteiger partial charge >= 0.3 is 0 Å². The van der Waals surface area contributed by atoms with Gasteiger partial charge in [-0.3, -0.25) is 9.97 Å². The first-order valence-electron chi connectivity index (χ1n) is 14.2. The third kappa shape index (κ3) is 5.55. The molecule has 0 aliphatic heterocycles. The van der Waals surface area contributed by atoms with Crippen LogP contribution in [0, 0.1) is 0 Å². The molecule has 0 bridgehead atoms. The minimum absolute atomic E-state index is 0. The molecule has 2 aliphatic carbocycles. The normalized spacial score (nSPS) is 14.6. The predicted molar refractivity (Wildman–Crippen MR) is 159 cm³/mol. The molecule has 0 radical (unpaired) electrons. The smallest absolute Gasteiger partial charge is 0.0726 e. The zero-order valence-electron chi connectivity index (χ0n) is 21.8. The highest BCUT2D eigenvalue weighted by atomic mass is 35.5. The number of anilines is 2. The summed E-state index contributed by atoms with van der Waals surface area (Å²) in [6, 6.07) is 17.3. The van der Waals surface area contributed by atoms with Crippen molar-refractivity contribution in [2.75, 3.05) is 23.7 Å². The first-order valence-corrected chi connectivity index (χ1v) is 14.2. The van der Waals surface area contributed by atoms with Crippen LogP contribution in [0.1, 0.15) is 73.9 Å². The lowest BCUT2D eigenvalue weighted by Gasteiger charge is -2.22. The summed E-state index contributed by atoms with van der Waals surface area (Å²) in [7, 11) is 0. The fourth-order valence-electron chi connectivity index (χ4n) is 6.18. The van der Waals surface area contributed by atoms with E-state index in [0.717, 1.165) is 49.8 Å². The third-order valence-corrected chi connectivity index (χ3v) is 8.05. The number of hydrogen-bond donors (Lipinski definition) is 2. The van der Waals surface area contributed by atoms with Crippen LogP contribution in [-0.4, -0.2) is 23.1 Å². The minimum Gasteiger partial charge on any atom is -0.384 e. The van der Waals surface area contributed by atoms with Crippen LogP contribution in [0.3, 0.4) is 0 Å². The number of fused-ring (bicyclic) bond motifs is 4. The topological polar surface area (TPSA) is 49.8 Å². The van der Waals surface area contributed by atoms with E-state index in [1.54, 1.807) is 0 Å². The van der Waals surface area contributed by atoms with Gasteiger partial charge in [0.15, 0.2) is 0 Å². The van der Waals surface area contributed by atoms with Crippen molar-refractivity contribution in [2.45, 2.75) is 77.0 Å². The second-order valence-corrected chi connectivity index (χ2v) is 10.5. The molecule has 2 aliphatic rings. The SMILES string of the molecule is Cl.c1ccc2c(NCCCCCCNc3c4c(nc5ccccc35)CCCC4)c3c(nc2c1)CCCC3. The average Bonchev–Trinajstić information content (AvgIpc) is 2.93. The summed E-state index contributed by atoms with van der Waals surface area (Å²) in [6.45, 7) is 2.08. The number of nitrogens with zero attached hydrogens (tertiary/aromatic N) is 2. The standard InChI is InChI=1S/C32H38N4.ClH/c1(11-21-33-31-23-13-3-7-17-27(23)35-28-18-8-4-14-24(28)31)2-12-22-34-32-25-15-5-9-19-29(25)36-30-20-10-6-16-26(30)32;/h3,5,7,9,13,15,17,19H,1-2,4,6,8,10-12,14,16,18,20-22H2,(H,33,35)(H,34,36);1H. The lowest BCUT2D eigenvalue weighted by atomic mass is 9.92. The van der Waals surface area contributed by atoms with Crippen molar-refractivity contribution < 1.29 is 0 Å². The summed E-state index contributed by atoms with van der Waals surface area (Å²) in [5, 5.41) is 10.2. The number of aryl methyl sites for hydroxylation is 2. The molecule has 5 heteroatoms. The van der Waals surface area contributed by atoms with Crippen molar-refractivity contribution in [3.05, 3.63) is 71.0 Å². The number of hydrogen-bond acceptors (Lipinski definition) is 4. The fourth-order valence-corrected chi connectivity index (χ4v) is 6.18. The van der Waals surface area contributed by atoms with Crippen molar-refractivity contribution >= 4 is 45.6 Å². The number of halogens is 1. The molecule has 0 saturated heterocycles. The summed E-state index contributed by atoms with van der Waals surface area (Å²) < 4.78 is 0. The molecule has 37 heavy (non-hydrogen) atoms. The number of benzene rings is 2. The first kappa shape index (κ1) is 25.8. The van der Waals surface area contributed by atoms with Gasteiger partial charge in [-0.1, -0.05) is 49.2 Å². The van der Waals surface area contributed by atoms with Crippen molar-refractivity contribution in [2.24, 2.45) is 0 Å². The van der Waals surface area contributed by atoms with Gasteiger partial charge in [-0.2, -0.15) is 0 Å². The molecule has 6 rings (SSSR count). The number of rotatable bonds is 9. The largest absolute Gasteiger partial charge is 0.384 e. The highest BCUT2D eigenvalue weighted by Crippen LogP contribution is 2.34. The Labute approximate surface area is 227 Å². The van der Waals surface area contributed by atoms with Crippen molar-refractivity contribution in [1.29, 1.82) is 0 Å². The van der Waals surface area contributed by atoms with Gasteiger partial charge in [0.25, 0.3) is 0 Å². The van der Waals surface area contributed by atoms with Gasteiger partial charge in [0.05, 0.1) is 11.0 Å². The zero-order chi connectivity index (χ0) is 24.2. The van der Waals surface area contributed by atoms with Gasteiger partial charge in [-0.05, 0) is 87.5 Å². The number of aromatic nitrogens is 2. The van der Waals surface area contributed by atoms with Crippen LogP contribution in [0.4, 0.5) is 11.4 Å². The Balaban J connectivity index is 0.00000280. The maximum Gasteiger partial charge on any atom is 0.0726 e. The molecule has 194 valence electrons. The molecule has 0 amide bonds. The summed E-state index contributed by atoms with van der Waals surface area (Å²) in [4.78, 5) is 9.95. The quantitative estimate of drug-likeness (QED) is 0.222. The van der Waals surface area contributed by atoms with E-state index in [-0.39, 0.29) is 12.4 Å². The summed E-state index contributed by atoms with van der Waals surface area (Å²) in [5.74, 6) is 0. The minimum atomic E-state index is 0. The van der Waals surface area contributed by atoms with Gasteiger partial charge in [0.2, 0.25) is 0 Å². The monoisotopic (exact) mass is 514 g/mol. The predicted octanol–water partition coefficient (Wildman–Crippen LogP) is 8.05. The van der Waals surface area contributed by atoms with Crippen LogP contribution in [0.15, 0.2) is 48.5 Å². The van der Waals surface area contributed by atoms with Gasteiger partial charge in [0, 0.05) is 46.6 Å². The Hall–Kier alpha value is -2.85. The van der Waals surface area contributed by atoms with Crippen LogP contribution in [0.25, 0.3) is 21.8 Å². The molecule has 2 heterocycles. The van der Waals surface area contributed by atoms with E-state index in [0.29, 0.717) is 0 Å². The second-order valence-electron chi connectivity index (χ2n) is 10.5. The van der Waals surface area contributed by atoms with Crippen molar-refractivity contribution in [1.82, 2.24) is 9.97 Å². The lowest BCUT2D eigenvalue weighted by molar-refractivity contribution is 0.660. The highest BCUT2D eigenvalue weighted by molar-refractivity contribution is 5.94. The van der Waals surface area contributed by atoms with Crippen LogP contribution in [0.2, 0.25) is 0 Å². The summed E-state index contributed by atoms with van der Waals surface area (Å²) in [6.07, 6.45) is 14.6. The molecule has 2 aromatic carbocycles. The van der Waals surface area contributed by atoms with Crippen LogP contribution < -0.4 is 10.6 Å². The molecule has 2 N–H and O–H groups in total. The van der Waals surface area contributed by atoms with E-state index in [1.165, 1.54) is 96.0 Å². The molecule has 2 aromatic heterocycles. The Morgan fingerprint density at radius 1 is 0.541 bits per heavy atom. The van der Waals surface area contributed by atoms with Crippen LogP contribution >= 0.6 is 12.4 Å². The Morgan fingerprint density at radius 2 is 0.973 bits per heavy atom. The molecule has 0 unspecified atom stereocenters. The number of nitrogens with one attached hydrogen (secondary N) is 2. The molecule has 0 atom stereocenters. The van der Waals surface area contributed by atoms with Crippen molar-refractivity contribution in [3.8, 4) is 0 Å². The van der Waals surface area contributed by atoms with Gasteiger partial charge in [-0.15, -0.1) is 12.4 Å². The maximum absolute atomic E-state index is 4.97. The number of para-hydroxylation sites is 2. The fraction of sp³-hybridized carbons (Fsp3) is 0.438. The van der Waals surface area contributed by atoms with E-state index < -0.39 is 0 Å². The van der Waals surface area contributed by atoms with Crippen LogP contribution in [-0.2, 0) is 25.7 Å². The molecular weight excluding hydrogens is 476 g/mol. The molecule has 0 saturated carbocycles. The van der Waals surface area contributed by atoms with Gasteiger partial charge in [-0.25, -0.2) is 0 Å². The first-order chi connectivity index (χ1) is 17.9. The second kappa shape index (κ2) is 12.1. The molecule has 0 spiro atoms. The number of unbranched alkanes of at least 4 members (excludes halogenated alkanes) is 3. The van der Waals surface area contributed by atoms with Gasteiger partial charge in [0.1, 0.15) is 0 Å². The summed E-state index contributed by atoms with van der Waals surface area (Å²) in [5.41, 5.74) is 10.6. The lowest BCUT2D eigenvalue weighted by Crippen LogP contribution is -2.13. The molecular formula is C32H39ClN4. The van der Waals surface area contributed by atoms with E-state index >= 15 is 0 Å². The summed E-state index contributed by atoms with van der Waals surface area (Å²) >= 11 is 0. The van der Waals surface area contributed by atoms with Crippen LogP contribution in [0.5, 0.6) is 0 Å². The van der Waals surface area contributed by atoms with E-state index in [1.807, 2.05) is 0 Å². The van der Waals surface area contributed by atoms with Gasteiger partial charge < -0.3 is 10.6 Å². The molecule has 4 aromatic rings. The average molecular weight is 515 g/mol. The third-order valence-electron chi connectivity index (χ3n) is 8.05. The van der Waals surface area contributed by atoms with Crippen molar-refractivity contribution in [3.63, 3.8) is 0 Å². The van der Waals surface area contributed by atoms with E-state index in [2.05, 4.69) is 59.2 Å². The zero-order valence-corrected chi connectivity index (χ0v) is 22.6. The highest BCUT2D eigenvalue weighted by Gasteiger charge is 2.19. The Morgan fingerprint density at radius 3 is 1.46 bits per heavy atom. The van der Waals surface area contributed by atoms with E-state index in [4.69, 9.17) is 9.97 Å². The molecule has 0 fully saturated rings. The number of pyridine rings is 2.